The largest absolute Gasteiger partial charge is 0.573 e. The van der Waals surface area contributed by atoms with E-state index in [4.69, 9.17) is 0 Å². The van der Waals surface area contributed by atoms with Crippen molar-refractivity contribution in [3.8, 4) is 16.2 Å². The number of ketones is 1. The Morgan fingerprint density at radius 1 is 1.25 bits per heavy atom. The van der Waals surface area contributed by atoms with E-state index in [9.17, 15) is 22.8 Å². The molecule has 2 aromatic heterocycles. The van der Waals surface area contributed by atoms with Crippen LogP contribution in [-0.2, 0) is 4.79 Å². The zero-order chi connectivity index (χ0) is 19.9. The molecule has 1 amide bonds. The molecular weight excluding hydrogens is 395 g/mol. The molecule has 3 aromatic rings. The lowest BCUT2D eigenvalue weighted by atomic mass is 10.2. The Kier molecular flexibility index (Phi) is 4.42. The van der Waals surface area contributed by atoms with E-state index in [1.165, 1.54) is 41.8 Å². The van der Waals surface area contributed by atoms with Crippen LogP contribution in [0.25, 0.3) is 10.4 Å². The highest BCUT2D eigenvalue weighted by Crippen LogP contribution is 2.33. The van der Waals surface area contributed by atoms with Crippen molar-refractivity contribution in [2.24, 2.45) is 0 Å². The number of Topliss-reactive ketones (excluding diaryl/α,β-unsaturated/α-hetero) is 1. The van der Waals surface area contributed by atoms with Crippen LogP contribution in [0.15, 0.2) is 48.8 Å². The Balaban J connectivity index is 1.45. The number of nitrogens with one attached hydrogen (secondary N) is 1. The molecule has 1 aliphatic heterocycles. The number of aromatic nitrogens is 2. The van der Waals surface area contributed by atoms with Crippen molar-refractivity contribution >= 4 is 28.2 Å². The van der Waals surface area contributed by atoms with Crippen LogP contribution in [0.3, 0.4) is 0 Å². The van der Waals surface area contributed by atoms with Crippen molar-refractivity contribution in [2.75, 3.05) is 5.32 Å². The first kappa shape index (κ1) is 18.2. The Labute approximate surface area is 160 Å². The number of fused-ring (bicyclic) bond motifs is 1. The van der Waals surface area contributed by atoms with E-state index < -0.39 is 12.4 Å². The van der Waals surface area contributed by atoms with E-state index >= 15 is 0 Å². The highest BCUT2D eigenvalue weighted by Gasteiger charge is 2.34. The lowest BCUT2D eigenvalue weighted by molar-refractivity contribution is -0.274. The number of anilines is 1. The summed E-state index contributed by atoms with van der Waals surface area (Å²) in [6.07, 6.45) is -1.45. The lowest BCUT2D eigenvalue weighted by Gasteiger charge is -2.11. The highest BCUT2D eigenvalue weighted by molar-refractivity contribution is 7.19. The number of halogens is 3. The minimum Gasteiger partial charge on any atom is -0.406 e. The van der Waals surface area contributed by atoms with E-state index in [0.29, 0.717) is 21.3 Å². The standard InChI is InChI=1S/C18H12F3N3O3S/c19-18(20,21)27-11-5-3-10(4-6-11)15-9-22-17(28-15)23-16(26)13-8-14(25)12-2-1-7-24(12)13/h1-7,9,13H,8H2,(H,22,23,26)/t13-/m1/s1. The fraction of sp³-hybridized carbons (Fsp3) is 0.167. The number of nitrogens with zero attached hydrogens (tertiary/aromatic N) is 2. The third kappa shape index (κ3) is 3.63. The topological polar surface area (TPSA) is 73.2 Å². The van der Waals surface area contributed by atoms with Crippen LogP contribution in [0, 0.1) is 0 Å². The maximum absolute atomic E-state index is 12.5. The fourth-order valence-electron chi connectivity index (χ4n) is 2.97. The molecule has 0 saturated carbocycles. The summed E-state index contributed by atoms with van der Waals surface area (Å²) in [5.41, 5.74) is 1.14. The van der Waals surface area contributed by atoms with Crippen molar-refractivity contribution < 1.29 is 27.5 Å². The van der Waals surface area contributed by atoms with Crippen molar-refractivity contribution in [1.82, 2.24) is 9.55 Å². The molecule has 0 spiro atoms. The van der Waals surface area contributed by atoms with Gasteiger partial charge in [0.05, 0.1) is 10.6 Å². The minimum absolute atomic E-state index is 0.0915. The Morgan fingerprint density at radius 3 is 2.71 bits per heavy atom. The first-order chi connectivity index (χ1) is 13.3. The van der Waals surface area contributed by atoms with Crippen LogP contribution < -0.4 is 10.1 Å². The molecule has 10 heteroatoms. The number of thiazole rings is 1. The van der Waals surface area contributed by atoms with Crippen LogP contribution in [-0.4, -0.2) is 27.6 Å². The predicted molar refractivity (Wildman–Crippen MR) is 95.3 cm³/mol. The molecule has 0 aliphatic carbocycles. The molecule has 0 radical (unpaired) electrons. The second-order valence-electron chi connectivity index (χ2n) is 6.03. The third-order valence-corrected chi connectivity index (χ3v) is 5.15. The maximum atomic E-state index is 12.5. The van der Waals surface area contributed by atoms with Gasteiger partial charge in [0.2, 0.25) is 5.91 Å². The molecule has 28 heavy (non-hydrogen) atoms. The number of amides is 1. The van der Waals surface area contributed by atoms with Gasteiger partial charge in [0.25, 0.3) is 0 Å². The molecule has 3 heterocycles. The fourth-order valence-corrected chi connectivity index (χ4v) is 3.80. The van der Waals surface area contributed by atoms with Gasteiger partial charge in [-0.05, 0) is 42.0 Å². The van der Waals surface area contributed by atoms with Gasteiger partial charge in [0.15, 0.2) is 10.9 Å². The summed E-state index contributed by atoms with van der Waals surface area (Å²) < 4.78 is 42.1. The second kappa shape index (κ2) is 6.79. The molecule has 4 rings (SSSR count). The van der Waals surface area contributed by atoms with Crippen molar-refractivity contribution in [3.05, 3.63) is 54.5 Å². The average molecular weight is 407 g/mol. The van der Waals surface area contributed by atoms with E-state index in [-0.39, 0.29) is 23.9 Å². The molecule has 0 saturated heterocycles. The van der Waals surface area contributed by atoms with Gasteiger partial charge >= 0.3 is 6.36 Å². The minimum atomic E-state index is -4.75. The number of hydrogen-bond donors (Lipinski definition) is 1. The van der Waals surface area contributed by atoms with Crippen LogP contribution in [0.2, 0.25) is 0 Å². The smallest absolute Gasteiger partial charge is 0.406 e. The molecule has 144 valence electrons. The van der Waals surface area contributed by atoms with Gasteiger partial charge in [-0.25, -0.2) is 4.98 Å². The van der Waals surface area contributed by atoms with Gasteiger partial charge in [-0.15, -0.1) is 13.2 Å². The average Bonchev–Trinajstić information content (AvgIpc) is 3.33. The van der Waals surface area contributed by atoms with Crippen molar-refractivity contribution in [2.45, 2.75) is 18.8 Å². The Bertz CT molecular complexity index is 1040. The normalized spacial score (nSPS) is 16.1. The van der Waals surface area contributed by atoms with E-state index in [2.05, 4.69) is 15.0 Å². The van der Waals surface area contributed by atoms with Gasteiger partial charge in [0.1, 0.15) is 11.8 Å². The summed E-state index contributed by atoms with van der Waals surface area (Å²) in [6, 6.07) is 8.12. The van der Waals surface area contributed by atoms with Crippen molar-refractivity contribution in [1.29, 1.82) is 0 Å². The molecule has 1 N–H and O–H groups in total. The Hall–Kier alpha value is -3.14. The molecule has 0 bridgehead atoms. The number of benzene rings is 1. The third-order valence-electron chi connectivity index (χ3n) is 4.19. The number of alkyl halides is 3. The number of hydrogen-bond acceptors (Lipinski definition) is 5. The lowest BCUT2D eigenvalue weighted by Crippen LogP contribution is -2.23. The van der Waals surface area contributed by atoms with Crippen LogP contribution in [0.4, 0.5) is 18.3 Å². The van der Waals surface area contributed by atoms with Crippen LogP contribution in [0.5, 0.6) is 5.75 Å². The highest BCUT2D eigenvalue weighted by atomic mass is 32.1. The van der Waals surface area contributed by atoms with Gasteiger partial charge in [0, 0.05) is 18.8 Å². The summed E-state index contributed by atoms with van der Waals surface area (Å²) >= 11 is 1.18. The second-order valence-corrected chi connectivity index (χ2v) is 7.07. The maximum Gasteiger partial charge on any atom is 0.573 e. The predicted octanol–water partition coefficient (Wildman–Crippen LogP) is 4.28. The van der Waals surface area contributed by atoms with E-state index in [1.807, 2.05) is 0 Å². The number of ether oxygens (including phenoxy) is 1. The van der Waals surface area contributed by atoms with Gasteiger partial charge in [-0.3, -0.25) is 9.59 Å². The Morgan fingerprint density at radius 2 is 2.00 bits per heavy atom. The SMILES string of the molecule is O=C1C[C@H](C(=O)Nc2ncc(-c3ccc(OC(F)(F)F)cc3)s2)n2cccc21. The quantitative estimate of drug-likeness (QED) is 0.701. The van der Waals surface area contributed by atoms with Gasteiger partial charge < -0.3 is 14.6 Å². The van der Waals surface area contributed by atoms with Crippen LogP contribution >= 0.6 is 11.3 Å². The van der Waals surface area contributed by atoms with Gasteiger partial charge in [-0.1, -0.05) is 11.3 Å². The van der Waals surface area contributed by atoms with E-state index in [0.717, 1.165) is 0 Å². The summed E-state index contributed by atoms with van der Waals surface area (Å²) in [5, 5.41) is 3.03. The molecule has 1 aromatic carbocycles. The summed E-state index contributed by atoms with van der Waals surface area (Å²) in [5.74, 6) is -0.757. The monoisotopic (exact) mass is 407 g/mol. The van der Waals surface area contributed by atoms with Crippen molar-refractivity contribution in [3.63, 3.8) is 0 Å². The first-order valence-electron chi connectivity index (χ1n) is 8.13. The molecule has 6 nitrogen and oxygen atoms in total. The number of carbonyl (C=O) groups excluding carboxylic acids is 2. The molecule has 1 atom stereocenters. The number of rotatable bonds is 4. The zero-order valence-corrected chi connectivity index (χ0v) is 14.9. The van der Waals surface area contributed by atoms with Crippen LogP contribution in [0.1, 0.15) is 23.0 Å². The summed E-state index contributed by atoms with van der Waals surface area (Å²) in [4.78, 5) is 29.2. The zero-order valence-electron chi connectivity index (χ0n) is 14.1. The van der Waals surface area contributed by atoms with Gasteiger partial charge in [-0.2, -0.15) is 0 Å². The van der Waals surface area contributed by atoms with E-state index in [1.54, 1.807) is 22.9 Å². The number of carbonyl (C=O) groups is 2. The molecule has 0 unspecified atom stereocenters. The molecular formula is C18H12F3N3O3S. The molecule has 1 aliphatic rings. The summed E-state index contributed by atoms with van der Waals surface area (Å²) in [7, 11) is 0. The summed E-state index contributed by atoms with van der Waals surface area (Å²) in [6.45, 7) is 0. The molecule has 0 fully saturated rings. The first-order valence-corrected chi connectivity index (χ1v) is 8.95.